The number of thiophene rings is 3. The molecule has 20 aromatic carbocycles. The Balaban J connectivity index is 0.639. The molecule has 0 unspecified atom stereocenters. The first-order chi connectivity index (χ1) is 66.9. The van der Waals surface area contributed by atoms with E-state index in [1.165, 1.54) is 171 Å². The monoisotopic (exact) mass is 1770 g/mol. The first-order valence-electron chi connectivity index (χ1n) is 46.1. The van der Waals surface area contributed by atoms with E-state index in [9.17, 15) is 0 Å². The van der Waals surface area contributed by atoms with Crippen LogP contribution in [0.15, 0.2) is 443 Å². The molecule has 0 N–H and O–H groups in total. The Kier molecular flexibility index (Phi) is 15.9. The van der Waals surface area contributed by atoms with E-state index in [1.54, 1.807) is 0 Å². The lowest BCUT2D eigenvalue weighted by molar-refractivity contribution is 1.11. The van der Waals surface area contributed by atoms with Gasteiger partial charge < -0.3 is 22.8 Å². The average molecular weight is 1770 g/mol. The largest absolute Gasteiger partial charge is 0.309 e. The van der Waals surface area contributed by atoms with Crippen LogP contribution in [0.2, 0.25) is 0 Å². The molecule has 0 spiro atoms. The van der Waals surface area contributed by atoms with Crippen molar-refractivity contribution in [3.63, 3.8) is 0 Å². The molecule has 135 heavy (non-hydrogen) atoms. The molecule has 10 heterocycles. The highest BCUT2D eigenvalue weighted by Gasteiger charge is 2.28. The highest BCUT2D eigenvalue weighted by molar-refractivity contribution is 7.27. The quantitative estimate of drug-likeness (QED) is 0.127. The number of pyridine rings is 1. The van der Waals surface area contributed by atoms with E-state index in [-0.39, 0.29) is 0 Å². The molecule has 0 aliphatic rings. The van der Waals surface area contributed by atoms with Crippen LogP contribution in [-0.4, -0.2) is 32.4 Å². The third-order valence-electron chi connectivity index (χ3n) is 28.8. The van der Waals surface area contributed by atoms with Crippen LogP contribution in [0.3, 0.4) is 0 Å². The predicted molar refractivity (Wildman–Crippen MR) is 576 cm³/mol. The summed E-state index contributed by atoms with van der Waals surface area (Å²) in [6.45, 7) is 0. The summed E-state index contributed by atoms with van der Waals surface area (Å²) in [5.41, 5.74) is 30.7. The van der Waals surface area contributed by atoms with Crippen LogP contribution in [0, 0.1) is 0 Å². The van der Waals surface area contributed by atoms with Crippen molar-refractivity contribution in [1.82, 2.24) is 32.4 Å². The fraction of sp³-hybridized carbons (Fsp3) is 0. The van der Waals surface area contributed by atoms with Crippen molar-refractivity contribution >= 4 is 225 Å². The Morgan fingerprint density at radius 3 is 1.07 bits per heavy atom. The van der Waals surface area contributed by atoms with Crippen molar-refractivity contribution in [2.24, 2.45) is 0 Å². The van der Waals surface area contributed by atoms with Crippen LogP contribution in [0.25, 0.3) is 281 Å². The summed E-state index contributed by atoms with van der Waals surface area (Å²) in [5, 5.41) is 21.9. The Bertz CT molecular complexity index is 10200. The highest BCUT2D eigenvalue weighted by atomic mass is 32.1. The topological polar surface area (TPSA) is 42.5 Å². The third kappa shape index (κ3) is 11.0. The molecule has 0 aliphatic heterocycles. The van der Waals surface area contributed by atoms with Crippen LogP contribution in [-0.2, 0) is 0 Å². The summed E-state index contributed by atoms with van der Waals surface area (Å²) in [6, 6.07) is 164. The first kappa shape index (κ1) is 74.8. The van der Waals surface area contributed by atoms with Crippen LogP contribution < -0.4 is 0 Å². The molecule has 626 valence electrons. The van der Waals surface area contributed by atoms with Gasteiger partial charge in [0.25, 0.3) is 0 Å². The van der Waals surface area contributed by atoms with Crippen molar-refractivity contribution in [2.45, 2.75) is 0 Å². The number of hydrogen-bond acceptors (Lipinski definition) is 4. The second-order valence-corrected chi connectivity index (χ2v) is 39.1. The summed E-state index contributed by atoms with van der Waals surface area (Å²) >= 11 is 5.60. The summed E-state index contributed by atoms with van der Waals surface area (Å²) in [5.74, 6) is 0.904. The number of rotatable bonds is 11. The van der Waals surface area contributed by atoms with Gasteiger partial charge in [-0.1, -0.05) is 249 Å². The van der Waals surface area contributed by atoms with E-state index in [2.05, 4.69) is 470 Å². The van der Waals surface area contributed by atoms with E-state index < -0.39 is 0 Å². The molecule has 0 bridgehead atoms. The van der Waals surface area contributed by atoms with E-state index in [0.29, 0.717) is 0 Å². The van der Waals surface area contributed by atoms with Crippen molar-refractivity contribution in [1.29, 1.82) is 0 Å². The molecule has 0 amide bonds. The first-order valence-corrected chi connectivity index (χ1v) is 48.5. The van der Waals surface area contributed by atoms with Crippen LogP contribution in [0.1, 0.15) is 0 Å². The van der Waals surface area contributed by atoms with Crippen LogP contribution in [0.4, 0.5) is 0 Å². The van der Waals surface area contributed by atoms with Crippen molar-refractivity contribution in [3.05, 3.63) is 443 Å². The minimum atomic E-state index is 0.904. The SMILES string of the molecule is c1ccc(-n2c3ccccc3c3cc(-c4ccc5c(c4)c4cc(-c6cc(-c7cccc(-c8cc(-c9cnc(-n%10c%11ccccc%11c%11ccccc%11%10)c%10sc%11ccc(-n%12c%13ccccc%13c%13ccccc%13%12)cc%11c9%10)cc(-n9c%10ccccc%10c%10cc(-n%11c%12ccccc%12c%12ccccc%12%11)ccc%109)c8)c7)c7sc8ccccc8c7c6)ccc4n5-c4cccc5c4sc4ccccc45)ccc32)cc1. The van der Waals surface area contributed by atoms with E-state index >= 15 is 0 Å². The molecule has 10 heteroatoms. The van der Waals surface area contributed by atoms with Gasteiger partial charge in [0.1, 0.15) is 0 Å². The Morgan fingerprint density at radius 1 is 0.163 bits per heavy atom. The molecule has 30 rings (SSSR count). The Hall–Kier alpha value is -17.0. The zero-order chi connectivity index (χ0) is 87.9. The number of fused-ring (bicyclic) bond motifs is 27. The van der Waals surface area contributed by atoms with E-state index in [1.807, 2.05) is 34.0 Å². The summed E-state index contributed by atoms with van der Waals surface area (Å²) < 4.78 is 22.1. The van der Waals surface area contributed by atoms with Crippen molar-refractivity contribution in [3.8, 4) is 89.9 Å². The van der Waals surface area contributed by atoms with E-state index in [4.69, 9.17) is 4.98 Å². The van der Waals surface area contributed by atoms with Gasteiger partial charge in [-0.3, -0.25) is 4.57 Å². The maximum Gasteiger partial charge on any atom is 0.155 e. The Labute approximate surface area is 784 Å². The lowest BCUT2D eigenvalue weighted by atomic mass is 9.92. The van der Waals surface area contributed by atoms with Crippen LogP contribution in [0.5, 0.6) is 0 Å². The molecule has 7 nitrogen and oxygen atoms in total. The van der Waals surface area contributed by atoms with Gasteiger partial charge in [0, 0.05) is 156 Å². The minimum absolute atomic E-state index is 0.904. The second kappa shape index (κ2) is 28.8. The van der Waals surface area contributed by atoms with Gasteiger partial charge in [0.05, 0.1) is 81.3 Å². The molecule has 0 radical (unpaired) electrons. The van der Waals surface area contributed by atoms with E-state index in [0.717, 1.165) is 111 Å². The maximum atomic E-state index is 5.85. The van der Waals surface area contributed by atoms with Gasteiger partial charge in [0.15, 0.2) is 5.82 Å². The third-order valence-corrected chi connectivity index (χ3v) is 32.4. The lowest BCUT2D eigenvalue weighted by Crippen LogP contribution is -2.00. The molecule has 0 atom stereocenters. The smallest absolute Gasteiger partial charge is 0.155 e. The van der Waals surface area contributed by atoms with Gasteiger partial charge in [-0.2, -0.15) is 0 Å². The zero-order valence-corrected chi connectivity index (χ0v) is 75.0. The van der Waals surface area contributed by atoms with Gasteiger partial charge in [-0.15, -0.1) is 34.0 Å². The predicted octanol–water partition coefficient (Wildman–Crippen LogP) is 35.1. The molecular weight excluding hydrogens is 1700 g/mol. The fourth-order valence-electron chi connectivity index (χ4n) is 22.9. The summed E-state index contributed by atoms with van der Waals surface area (Å²) in [6.07, 6.45) is 2.19. The maximum absolute atomic E-state index is 5.85. The van der Waals surface area contributed by atoms with Crippen LogP contribution >= 0.6 is 34.0 Å². The molecule has 0 saturated carbocycles. The number of para-hydroxylation sites is 9. The van der Waals surface area contributed by atoms with Gasteiger partial charge in [-0.25, -0.2) is 4.98 Å². The molecule has 10 aromatic heterocycles. The number of nitrogens with zero attached hydrogens (tertiary/aromatic N) is 7. The molecule has 0 saturated heterocycles. The molecule has 0 fully saturated rings. The normalized spacial score (nSPS) is 12.3. The standard InChI is InChI=1S/C125H73N7S3/c1-2-28-82(29-3-1)127-109-45-18-10-36-92(109)98-66-75(52-57-113(98)127)76-53-58-115-99(67-76)100-68-77(54-59-116(100)131(115)117-49-25-40-96-94-38-12-22-50-118(94)134-123(96)117)80-69-97(122-102(70-80)95-39-13-23-51-119(95)133-122)78-27-24-26-74(62-78)79-63-81(65-85(64-79)130-110-46-19-11-37-93(110)101-71-83(55-60-114(101)130)128-105-41-14-4-30-86(105)87-31-5-15-42-106(87)128)104-73-126-125(132-111-47-20-8-34-90(111)91-35-9-21-48-112(91)132)124-121(104)103-72-84(56-61-120(103)135-124)129-107-43-16-6-32-88(107)89-33-7-17-44-108(89)129/h1-73H. The van der Waals surface area contributed by atoms with Gasteiger partial charge in [0.2, 0.25) is 0 Å². The molecule has 0 aliphatic carbocycles. The lowest BCUT2D eigenvalue weighted by Gasteiger charge is -2.17. The highest BCUT2D eigenvalue weighted by Crippen LogP contribution is 2.52. The summed E-state index contributed by atoms with van der Waals surface area (Å²) in [7, 11) is 0. The number of benzene rings is 20. The number of hydrogen-bond donors (Lipinski definition) is 0. The Morgan fingerprint density at radius 2 is 0.511 bits per heavy atom. The minimum Gasteiger partial charge on any atom is -0.309 e. The van der Waals surface area contributed by atoms with Crippen molar-refractivity contribution in [2.75, 3.05) is 0 Å². The second-order valence-electron chi connectivity index (χ2n) is 36.0. The summed E-state index contributed by atoms with van der Waals surface area (Å²) in [4.78, 5) is 5.85. The average Bonchev–Trinajstić information content (AvgIpc) is 1.57. The molecular formula is C125H73N7S3. The van der Waals surface area contributed by atoms with Crippen molar-refractivity contribution < 1.29 is 0 Å². The zero-order valence-electron chi connectivity index (χ0n) is 72.5. The molecule has 30 aromatic rings. The van der Waals surface area contributed by atoms with Gasteiger partial charge in [-0.05, 0) is 233 Å². The van der Waals surface area contributed by atoms with Gasteiger partial charge >= 0.3 is 0 Å². The number of aromatic nitrogens is 7. The fourth-order valence-corrected chi connectivity index (χ4v) is 26.5.